The molecule has 0 fully saturated rings. The molecule has 0 aromatic carbocycles. The number of aromatic amines is 1. The van der Waals surface area contributed by atoms with Crippen LogP contribution in [0, 0.1) is 5.41 Å². The first kappa shape index (κ1) is 10.6. The first-order valence-electron chi connectivity index (χ1n) is 4.46. The van der Waals surface area contributed by atoms with Gasteiger partial charge < -0.3 is 5.32 Å². The van der Waals surface area contributed by atoms with Gasteiger partial charge in [-0.2, -0.15) is 5.21 Å². The minimum Gasteiger partial charge on any atom is -0.349 e. The molecule has 14 heavy (non-hydrogen) atoms. The van der Waals surface area contributed by atoms with E-state index in [1.54, 1.807) is 0 Å². The summed E-state index contributed by atoms with van der Waals surface area (Å²) in [5.41, 5.74) is 0.00133. The summed E-state index contributed by atoms with van der Waals surface area (Å²) in [6, 6.07) is 0. The van der Waals surface area contributed by atoms with Crippen LogP contribution in [0.3, 0.4) is 0 Å². The molecule has 6 nitrogen and oxygen atoms in total. The van der Waals surface area contributed by atoms with Crippen molar-refractivity contribution in [1.82, 2.24) is 25.9 Å². The zero-order chi connectivity index (χ0) is 10.6. The second-order valence-electron chi connectivity index (χ2n) is 4.34. The molecule has 0 aliphatic rings. The molecule has 1 amide bonds. The van der Waals surface area contributed by atoms with E-state index in [9.17, 15) is 4.79 Å². The van der Waals surface area contributed by atoms with Gasteiger partial charge in [0.05, 0.1) is 6.54 Å². The molecule has 0 bridgehead atoms. The normalized spacial score (nSPS) is 11.4. The molecule has 0 radical (unpaired) electrons. The number of carbonyl (C=O) groups is 1. The molecule has 1 rings (SSSR count). The van der Waals surface area contributed by atoms with Crippen molar-refractivity contribution >= 4 is 5.91 Å². The first-order valence-corrected chi connectivity index (χ1v) is 4.46. The maximum absolute atomic E-state index is 11.4. The van der Waals surface area contributed by atoms with E-state index in [1.165, 1.54) is 0 Å². The lowest BCUT2D eigenvalue weighted by Gasteiger charge is -2.16. The highest BCUT2D eigenvalue weighted by atomic mass is 16.1. The summed E-state index contributed by atoms with van der Waals surface area (Å²) in [5.74, 6) is 0.495. The zero-order valence-electron chi connectivity index (χ0n) is 8.66. The third kappa shape index (κ3) is 3.97. The highest BCUT2D eigenvalue weighted by Gasteiger charge is 2.15. The van der Waals surface area contributed by atoms with Crippen molar-refractivity contribution in [3.05, 3.63) is 5.82 Å². The monoisotopic (exact) mass is 197 g/mol. The Labute approximate surface area is 82.5 Å². The summed E-state index contributed by atoms with van der Waals surface area (Å²) in [5, 5.41) is 15.9. The van der Waals surface area contributed by atoms with Gasteiger partial charge in [0.25, 0.3) is 0 Å². The van der Waals surface area contributed by atoms with E-state index < -0.39 is 0 Å². The van der Waals surface area contributed by atoms with Gasteiger partial charge >= 0.3 is 0 Å². The minimum atomic E-state index is 0.00133. The maximum atomic E-state index is 11.4. The Bertz CT molecular complexity index is 287. The van der Waals surface area contributed by atoms with Crippen LogP contribution >= 0.6 is 0 Å². The van der Waals surface area contributed by atoms with Crippen LogP contribution in [0.5, 0.6) is 0 Å². The third-order valence-electron chi connectivity index (χ3n) is 1.52. The minimum absolute atomic E-state index is 0.00133. The van der Waals surface area contributed by atoms with Gasteiger partial charge in [0.2, 0.25) is 5.91 Å². The van der Waals surface area contributed by atoms with Crippen molar-refractivity contribution in [1.29, 1.82) is 0 Å². The number of nitrogens with zero attached hydrogens (tertiary/aromatic N) is 3. The van der Waals surface area contributed by atoms with Crippen molar-refractivity contribution in [2.75, 3.05) is 0 Å². The molecule has 0 aliphatic heterocycles. The number of H-pyrrole nitrogens is 1. The average molecular weight is 197 g/mol. The zero-order valence-corrected chi connectivity index (χ0v) is 8.66. The Morgan fingerprint density at radius 2 is 2.21 bits per heavy atom. The predicted octanol–water partition coefficient (Wildman–Crippen LogP) is 0.252. The lowest BCUT2D eigenvalue weighted by atomic mass is 9.92. The number of amides is 1. The summed E-state index contributed by atoms with van der Waals surface area (Å²) < 4.78 is 0. The Balaban J connectivity index is 2.29. The van der Waals surface area contributed by atoms with Gasteiger partial charge in [-0.05, 0) is 5.41 Å². The largest absolute Gasteiger partial charge is 0.349 e. The Kier molecular flexibility index (Phi) is 3.16. The van der Waals surface area contributed by atoms with Crippen LogP contribution in [0.2, 0.25) is 0 Å². The van der Waals surface area contributed by atoms with E-state index in [0.717, 1.165) is 0 Å². The van der Waals surface area contributed by atoms with Crippen LogP contribution in [0.4, 0.5) is 0 Å². The first-order chi connectivity index (χ1) is 6.47. The Morgan fingerprint density at radius 3 is 2.71 bits per heavy atom. The van der Waals surface area contributed by atoms with E-state index in [4.69, 9.17) is 0 Å². The molecular weight excluding hydrogens is 182 g/mol. The van der Waals surface area contributed by atoms with Crippen LogP contribution in [-0.2, 0) is 11.3 Å². The molecule has 1 heterocycles. The summed E-state index contributed by atoms with van der Waals surface area (Å²) in [6.07, 6.45) is 0.491. The lowest BCUT2D eigenvalue weighted by molar-refractivity contribution is -0.123. The number of rotatable bonds is 3. The van der Waals surface area contributed by atoms with E-state index >= 15 is 0 Å². The summed E-state index contributed by atoms with van der Waals surface area (Å²) in [7, 11) is 0. The molecule has 0 unspecified atom stereocenters. The summed E-state index contributed by atoms with van der Waals surface area (Å²) in [6.45, 7) is 6.37. The number of hydrogen-bond donors (Lipinski definition) is 2. The standard InChI is InChI=1S/C8H15N5O/c1-8(2,3)4-7(14)9-5-6-10-12-13-11-6/h4-5H2,1-3H3,(H,9,14)(H,10,11,12,13). The summed E-state index contributed by atoms with van der Waals surface area (Å²) >= 11 is 0. The molecule has 6 heteroatoms. The van der Waals surface area contributed by atoms with Gasteiger partial charge in [-0.25, -0.2) is 0 Å². The van der Waals surface area contributed by atoms with Gasteiger partial charge in [0.1, 0.15) is 0 Å². The van der Waals surface area contributed by atoms with Gasteiger partial charge in [-0.15, -0.1) is 10.2 Å². The Morgan fingerprint density at radius 1 is 1.50 bits per heavy atom. The number of nitrogens with one attached hydrogen (secondary N) is 2. The maximum Gasteiger partial charge on any atom is 0.220 e. The smallest absolute Gasteiger partial charge is 0.220 e. The number of tetrazole rings is 1. The summed E-state index contributed by atoms with van der Waals surface area (Å²) in [4.78, 5) is 11.4. The molecule has 0 atom stereocenters. The van der Waals surface area contributed by atoms with Crippen molar-refractivity contribution in [2.45, 2.75) is 33.7 Å². The molecule has 78 valence electrons. The molecular formula is C8H15N5O. The van der Waals surface area contributed by atoms with E-state index in [2.05, 4.69) is 25.9 Å². The third-order valence-corrected chi connectivity index (χ3v) is 1.52. The molecule has 1 aromatic rings. The van der Waals surface area contributed by atoms with Crippen LogP contribution in [-0.4, -0.2) is 26.5 Å². The van der Waals surface area contributed by atoms with Gasteiger partial charge in [0.15, 0.2) is 5.82 Å². The number of aromatic nitrogens is 4. The van der Waals surface area contributed by atoms with Crippen LogP contribution in [0.1, 0.15) is 33.0 Å². The molecule has 2 N–H and O–H groups in total. The van der Waals surface area contributed by atoms with Crippen LogP contribution in [0.25, 0.3) is 0 Å². The highest BCUT2D eigenvalue weighted by Crippen LogP contribution is 2.17. The van der Waals surface area contributed by atoms with E-state index in [-0.39, 0.29) is 11.3 Å². The van der Waals surface area contributed by atoms with Crippen molar-refractivity contribution in [2.24, 2.45) is 5.41 Å². The fourth-order valence-electron chi connectivity index (χ4n) is 0.979. The number of carbonyl (C=O) groups excluding carboxylic acids is 1. The van der Waals surface area contributed by atoms with Crippen LogP contribution < -0.4 is 5.32 Å². The van der Waals surface area contributed by atoms with Gasteiger partial charge in [0, 0.05) is 6.42 Å². The molecule has 0 spiro atoms. The quantitative estimate of drug-likeness (QED) is 0.727. The van der Waals surface area contributed by atoms with Crippen molar-refractivity contribution < 1.29 is 4.79 Å². The predicted molar refractivity (Wildman–Crippen MR) is 50.1 cm³/mol. The van der Waals surface area contributed by atoms with E-state index in [1.807, 2.05) is 20.8 Å². The van der Waals surface area contributed by atoms with E-state index in [0.29, 0.717) is 18.8 Å². The number of hydrogen-bond acceptors (Lipinski definition) is 4. The highest BCUT2D eigenvalue weighted by molar-refractivity contribution is 5.76. The Hall–Kier alpha value is -1.46. The van der Waals surface area contributed by atoms with Crippen molar-refractivity contribution in [3.8, 4) is 0 Å². The fraction of sp³-hybridized carbons (Fsp3) is 0.750. The second kappa shape index (κ2) is 4.17. The topological polar surface area (TPSA) is 83.6 Å². The molecule has 1 aromatic heterocycles. The van der Waals surface area contributed by atoms with Gasteiger partial charge in [-0.1, -0.05) is 26.0 Å². The molecule has 0 saturated carbocycles. The fourth-order valence-corrected chi connectivity index (χ4v) is 0.979. The SMILES string of the molecule is CC(C)(C)CC(=O)NCc1nn[nH]n1. The van der Waals surface area contributed by atoms with Gasteiger partial charge in [-0.3, -0.25) is 4.79 Å². The average Bonchev–Trinajstić information content (AvgIpc) is 2.49. The molecule has 0 saturated heterocycles. The van der Waals surface area contributed by atoms with Crippen LogP contribution in [0.15, 0.2) is 0 Å². The second-order valence-corrected chi connectivity index (χ2v) is 4.34. The molecule has 0 aliphatic carbocycles. The lowest BCUT2D eigenvalue weighted by Crippen LogP contribution is -2.27. The van der Waals surface area contributed by atoms with Crippen molar-refractivity contribution in [3.63, 3.8) is 0 Å².